The second kappa shape index (κ2) is 5.40. The van der Waals surface area contributed by atoms with Crippen molar-refractivity contribution in [3.63, 3.8) is 0 Å². The number of hydrogen-bond acceptors (Lipinski definition) is 3. The van der Waals surface area contributed by atoms with Crippen molar-refractivity contribution >= 4 is 5.71 Å². The van der Waals surface area contributed by atoms with Gasteiger partial charge in [-0.3, -0.25) is 4.99 Å². The van der Waals surface area contributed by atoms with Crippen molar-refractivity contribution in [2.75, 3.05) is 13.7 Å². The van der Waals surface area contributed by atoms with Gasteiger partial charge in [0, 0.05) is 28.7 Å². The van der Waals surface area contributed by atoms with Crippen LogP contribution in [0.5, 0.6) is 11.5 Å². The van der Waals surface area contributed by atoms with Crippen LogP contribution in [0.25, 0.3) is 0 Å². The molecule has 2 aliphatic rings. The van der Waals surface area contributed by atoms with Gasteiger partial charge in [-0.15, -0.1) is 6.58 Å². The molecule has 2 aliphatic carbocycles. The molecule has 0 saturated carbocycles. The molecule has 110 valence electrons. The Kier molecular flexibility index (Phi) is 3.58. The summed E-state index contributed by atoms with van der Waals surface area (Å²) in [6, 6.07) is 3.84. The van der Waals surface area contributed by atoms with Gasteiger partial charge in [0.2, 0.25) is 0 Å². The number of aromatic hydroxyl groups is 1. The smallest absolute Gasteiger partial charge is 0.162 e. The van der Waals surface area contributed by atoms with Gasteiger partial charge in [-0.2, -0.15) is 0 Å². The number of allylic oxidation sites excluding steroid dienone is 2. The number of nitrogens with zero attached hydrogens (tertiary/aromatic N) is 1. The predicted octanol–water partition coefficient (Wildman–Crippen LogP) is 3.76. The van der Waals surface area contributed by atoms with E-state index < -0.39 is 0 Å². The van der Waals surface area contributed by atoms with E-state index in [0.29, 0.717) is 12.3 Å². The van der Waals surface area contributed by atoms with Crippen LogP contribution in [0.3, 0.4) is 0 Å². The largest absolute Gasteiger partial charge is 0.504 e. The first-order chi connectivity index (χ1) is 10.2. The average Bonchev–Trinajstić information content (AvgIpc) is 2.81. The number of benzene rings is 1. The molecule has 1 spiro atoms. The summed E-state index contributed by atoms with van der Waals surface area (Å²) in [5.74, 6) is 0.808. The highest BCUT2D eigenvalue weighted by Crippen LogP contribution is 2.52. The van der Waals surface area contributed by atoms with Gasteiger partial charge in [0.1, 0.15) is 0 Å². The highest BCUT2D eigenvalue weighted by atomic mass is 16.5. The Bertz CT molecular complexity index is 630. The summed E-state index contributed by atoms with van der Waals surface area (Å²) in [5, 5.41) is 10.6. The lowest BCUT2D eigenvalue weighted by Gasteiger charge is -2.30. The van der Waals surface area contributed by atoms with Crippen LogP contribution in [0, 0.1) is 0 Å². The van der Waals surface area contributed by atoms with E-state index in [1.165, 1.54) is 0 Å². The van der Waals surface area contributed by atoms with E-state index in [4.69, 9.17) is 4.74 Å². The van der Waals surface area contributed by atoms with Gasteiger partial charge in [0.25, 0.3) is 0 Å². The van der Waals surface area contributed by atoms with E-state index in [-0.39, 0.29) is 11.2 Å². The lowest BCUT2D eigenvalue weighted by Crippen LogP contribution is -2.23. The molecule has 1 atom stereocenters. The maximum Gasteiger partial charge on any atom is 0.162 e. The SMILES string of the molecule is C=CCN=C1C[C@]2(C=CCCC2)c2c1ccc(OC)c2O. The zero-order chi connectivity index (χ0) is 14.9. The highest BCUT2D eigenvalue weighted by Gasteiger charge is 2.43. The number of phenols is 1. The Morgan fingerprint density at radius 1 is 1.48 bits per heavy atom. The summed E-state index contributed by atoms with van der Waals surface area (Å²) in [6.07, 6.45) is 10.4. The highest BCUT2D eigenvalue weighted by molar-refractivity contribution is 6.07. The Balaban J connectivity index is 2.19. The Hall–Kier alpha value is -2.03. The number of rotatable bonds is 3. The molecule has 0 aromatic heterocycles. The van der Waals surface area contributed by atoms with Crippen LogP contribution >= 0.6 is 0 Å². The minimum atomic E-state index is -0.119. The van der Waals surface area contributed by atoms with Crippen LogP contribution in [0.15, 0.2) is 41.9 Å². The van der Waals surface area contributed by atoms with Gasteiger partial charge in [-0.25, -0.2) is 0 Å². The van der Waals surface area contributed by atoms with E-state index in [2.05, 4.69) is 23.7 Å². The summed E-state index contributed by atoms with van der Waals surface area (Å²) >= 11 is 0. The number of ether oxygens (including phenoxy) is 1. The molecule has 21 heavy (non-hydrogen) atoms. The summed E-state index contributed by atoms with van der Waals surface area (Å²) in [4.78, 5) is 4.64. The molecular formula is C18H21NO2. The molecule has 0 unspecified atom stereocenters. The molecule has 3 rings (SSSR count). The van der Waals surface area contributed by atoms with E-state index in [9.17, 15) is 5.11 Å². The number of phenolic OH excluding ortho intramolecular Hbond substituents is 1. The van der Waals surface area contributed by atoms with Crippen LogP contribution in [0.2, 0.25) is 0 Å². The molecule has 3 heteroatoms. The van der Waals surface area contributed by atoms with Gasteiger partial charge in [-0.1, -0.05) is 18.2 Å². The Morgan fingerprint density at radius 3 is 3.00 bits per heavy atom. The van der Waals surface area contributed by atoms with Crippen LogP contribution in [0.4, 0.5) is 0 Å². The molecule has 0 fully saturated rings. The third-order valence-electron chi connectivity index (χ3n) is 4.49. The molecule has 1 aromatic rings. The predicted molar refractivity (Wildman–Crippen MR) is 85.5 cm³/mol. The van der Waals surface area contributed by atoms with E-state index in [1.54, 1.807) is 13.2 Å². The first-order valence-electron chi connectivity index (χ1n) is 7.44. The Labute approximate surface area is 125 Å². The van der Waals surface area contributed by atoms with Crippen molar-refractivity contribution in [2.24, 2.45) is 4.99 Å². The van der Waals surface area contributed by atoms with Crippen LogP contribution in [0.1, 0.15) is 36.8 Å². The first-order valence-corrected chi connectivity index (χ1v) is 7.44. The summed E-state index contributed by atoms with van der Waals surface area (Å²) in [7, 11) is 1.59. The lowest BCUT2D eigenvalue weighted by atomic mass is 9.74. The van der Waals surface area contributed by atoms with Crippen molar-refractivity contribution in [1.29, 1.82) is 0 Å². The second-order valence-electron chi connectivity index (χ2n) is 5.74. The van der Waals surface area contributed by atoms with Gasteiger partial charge < -0.3 is 9.84 Å². The fourth-order valence-electron chi connectivity index (χ4n) is 3.56. The normalized spacial score (nSPS) is 25.3. The minimum absolute atomic E-state index is 0.119. The zero-order valence-corrected chi connectivity index (χ0v) is 12.4. The zero-order valence-electron chi connectivity index (χ0n) is 12.4. The molecule has 0 bridgehead atoms. The fraction of sp³-hybridized carbons (Fsp3) is 0.389. The first kappa shape index (κ1) is 13.9. The van der Waals surface area contributed by atoms with Gasteiger partial charge in [-0.05, 0) is 31.4 Å². The van der Waals surface area contributed by atoms with Crippen molar-refractivity contribution in [1.82, 2.24) is 0 Å². The number of aliphatic imine (C=N–C) groups is 1. The van der Waals surface area contributed by atoms with Crippen LogP contribution in [-0.2, 0) is 5.41 Å². The monoisotopic (exact) mass is 283 g/mol. The Morgan fingerprint density at radius 2 is 2.33 bits per heavy atom. The fourth-order valence-corrected chi connectivity index (χ4v) is 3.56. The van der Waals surface area contributed by atoms with E-state index in [0.717, 1.165) is 42.5 Å². The van der Waals surface area contributed by atoms with E-state index in [1.807, 2.05) is 12.1 Å². The molecule has 0 aliphatic heterocycles. The molecule has 1 aromatic carbocycles. The van der Waals surface area contributed by atoms with Gasteiger partial charge >= 0.3 is 0 Å². The molecule has 3 nitrogen and oxygen atoms in total. The van der Waals surface area contributed by atoms with Crippen molar-refractivity contribution in [3.05, 3.63) is 48.1 Å². The number of fused-ring (bicyclic) bond motifs is 2. The topological polar surface area (TPSA) is 41.8 Å². The van der Waals surface area contributed by atoms with Crippen molar-refractivity contribution in [2.45, 2.75) is 31.1 Å². The van der Waals surface area contributed by atoms with Crippen LogP contribution in [-0.4, -0.2) is 24.5 Å². The quantitative estimate of drug-likeness (QED) is 0.858. The van der Waals surface area contributed by atoms with E-state index >= 15 is 0 Å². The molecule has 0 heterocycles. The van der Waals surface area contributed by atoms with Crippen molar-refractivity contribution < 1.29 is 9.84 Å². The molecular weight excluding hydrogens is 262 g/mol. The summed E-state index contributed by atoms with van der Waals surface area (Å²) in [6.45, 7) is 4.35. The van der Waals surface area contributed by atoms with Crippen LogP contribution < -0.4 is 4.74 Å². The number of hydrogen-bond donors (Lipinski definition) is 1. The van der Waals surface area contributed by atoms with Crippen molar-refractivity contribution in [3.8, 4) is 11.5 Å². The summed E-state index contributed by atoms with van der Waals surface area (Å²) in [5.41, 5.74) is 2.99. The standard InChI is InChI=1S/C18H21NO2/c1-3-11-19-14-12-18(9-5-4-6-10-18)16-13(14)7-8-15(21-2)17(16)20/h3,5,7-9,20H,1,4,6,10-12H2,2H3/t18-/m1/s1. The maximum atomic E-state index is 10.6. The maximum absolute atomic E-state index is 10.6. The lowest BCUT2D eigenvalue weighted by molar-refractivity contribution is 0.361. The summed E-state index contributed by atoms with van der Waals surface area (Å²) < 4.78 is 5.29. The van der Waals surface area contributed by atoms with Gasteiger partial charge in [0.15, 0.2) is 11.5 Å². The second-order valence-corrected chi connectivity index (χ2v) is 5.74. The molecule has 0 amide bonds. The molecule has 1 N–H and O–H groups in total. The number of methoxy groups -OCH3 is 1. The average molecular weight is 283 g/mol. The third kappa shape index (κ3) is 2.17. The minimum Gasteiger partial charge on any atom is -0.504 e. The van der Waals surface area contributed by atoms with Gasteiger partial charge in [0.05, 0.1) is 13.7 Å². The molecule has 0 saturated heterocycles. The molecule has 0 radical (unpaired) electrons. The third-order valence-corrected chi connectivity index (χ3v) is 4.49.